The third-order valence-corrected chi connectivity index (χ3v) is 3.60. The van der Waals surface area contributed by atoms with Crippen LogP contribution in [0.2, 0.25) is 0 Å². The molecular weight excluding hydrogens is 268 g/mol. The molecule has 0 saturated carbocycles. The zero-order valence-electron chi connectivity index (χ0n) is 12.7. The molecule has 0 unspecified atom stereocenters. The van der Waals surface area contributed by atoms with Gasteiger partial charge in [-0.15, -0.1) is 11.6 Å². The Balaban J connectivity index is 0.000000200. The van der Waals surface area contributed by atoms with Crippen molar-refractivity contribution in [3.05, 3.63) is 69.8 Å². The molecule has 0 spiro atoms. The summed E-state index contributed by atoms with van der Waals surface area (Å²) in [6, 6.07) is 12.4. The highest BCUT2D eigenvalue weighted by Gasteiger charge is 1.95. The summed E-state index contributed by atoms with van der Waals surface area (Å²) < 4.78 is 0. The van der Waals surface area contributed by atoms with Crippen LogP contribution in [-0.4, -0.2) is 5.11 Å². The first kappa shape index (κ1) is 16.7. The number of aliphatic hydroxyl groups excluding tert-OH is 1. The van der Waals surface area contributed by atoms with Gasteiger partial charge < -0.3 is 5.11 Å². The molecule has 2 heteroatoms. The van der Waals surface area contributed by atoms with E-state index in [0.29, 0.717) is 5.88 Å². The lowest BCUT2D eigenvalue weighted by Crippen LogP contribution is -1.87. The first-order chi connectivity index (χ1) is 9.47. The zero-order valence-corrected chi connectivity index (χ0v) is 13.5. The average molecular weight is 291 g/mol. The Labute approximate surface area is 127 Å². The van der Waals surface area contributed by atoms with Gasteiger partial charge in [0.2, 0.25) is 0 Å². The molecule has 0 aliphatic heterocycles. The number of benzene rings is 2. The summed E-state index contributed by atoms with van der Waals surface area (Å²) in [5, 5.41) is 8.81. The van der Waals surface area contributed by atoms with Gasteiger partial charge in [0.1, 0.15) is 0 Å². The van der Waals surface area contributed by atoms with Crippen LogP contribution in [0.4, 0.5) is 0 Å². The predicted molar refractivity (Wildman–Crippen MR) is 87.3 cm³/mol. The van der Waals surface area contributed by atoms with Crippen LogP contribution in [0.3, 0.4) is 0 Å². The Morgan fingerprint density at radius 3 is 1.60 bits per heavy atom. The smallest absolute Gasteiger partial charge is 0.0684 e. The van der Waals surface area contributed by atoms with Gasteiger partial charge in [0, 0.05) is 5.88 Å². The van der Waals surface area contributed by atoms with Crippen molar-refractivity contribution in [2.24, 2.45) is 0 Å². The molecule has 0 amide bonds. The van der Waals surface area contributed by atoms with Crippen LogP contribution < -0.4 is 0 Å². The highest BCUT2D eigenvalue weighted by molar-refractivity contribution is 6.17. The molecule has 0 atom stereocenters. The Morgan fingerprint density at radius 2 is 1.25 bits per heavy atom. The quantitative estimate of drug-likeness (QED) is 0.785. The summed E-state index contributed by atoms with van der Waals surface area (Å²) in [7, 11) is 0. The lowest BCUT2D eigenvalue weighted by Gasteiger charge is -2.01. The van der Waals surface area contributed by atoms with E-state index in [1.165, 1.54) is 27.8 Å². The minimum absolute atomic E-state index is 0.145. The Hall–Kier alpha value is -1.31. The van der Waals surface area contributed by atoms with Crippen LogP contribution in [0.5, 0.6) is 0 Å². The average Bonchev–Trinajstić information content (AvgIpc) is 2.40. The summed E-state index contributed by atoms with van der Waals surface area (Å²) in [6.45, 7) is 8.38. The zero-order chi connectivity index (χ0) is 15.1. The van der Waals surface area contributed by atoms with Gasteiger partial charge in [0.05, 0.1) is 6.61 Å². The molecule has 20 heavy (non-hydrogen) atoms. The molecule has 0 heterocycles. The monoisotopic (exact) mass is 290 g/mol. The number of halogens is 1. The van der Waals surface area contributed by atoms with Crippen molar-refractivity contribution in [3.8, 4) is 0 Å². The number of rotatable bonds is 2. The summed E-state index contributed by atoms with van der Waals surface area (Å²) >= 11 is 5.68. The van der Waals surface area contributed by atoms with Crippen molar-refractivity contribution >= 4 is 11.6 Å². The number of hydrogen-bond donors (Lipinski definition) is 1. The van der Waals surface area contributed by atoms with Gasteiger partial charge in [-0.3, -0.25) is 0 Å². The van der Waals surface area contributed by atoms with E-state index in [2.05, 4.69) is 38.1 Å². The molecule has 0 fully saturated rings. The number of alkyl halides is 1. The van der Waals surface area contributed by atoms with Gasteiger partial charge in [0.25, 0.3) is 0 Å². The Morgan fingerprint density at radius 1 is 0.800 bits per heavy atom. The van der Waals surface area contributed by atoms with Crippen LogP contribution in [0.1, 0.15) is 33.4 Å². The molecule has 2 aromatic rings. The Kier molecular flexibility index (Phi) is 6.77. The highest BCUT2D eigenvalue weighted by Crippen LogP contribution is 2.12. The largest absolute Gasteiger partial charge is 0.392 e. The SMILES string of the molecule is Cc1ccc(CCl)c(C)c1.Cc1ccc(CO)c(C)c1. The lowest BCUT2D eigenvalue weighted by atomic mass is 10.1. The molecular formula is C18H23ClO. The van der Waals surface area contributed by atoms with Crippen molar-refractivity contribution < 1.29 is 5.11 Å². The number of hydrogen-bond acceptors (Lipinski definition) is 1. The van der Waals surface area contributed by atoms with Crippen molar-refractivity contribution in [3.63, 3.8) is 0 Å². The van der Waals surface area contributed by atoms with Gasteiger partial charge >= 0.3 is 0 Å². The predicted octanol–water partition coefficient (Wildman–Crippen LogP) is 4.84. The summed E-state index contributed by atoms with van der Waals surface area (Å²) in [4.78, 5) is 0. The van der Waals surface area contributed by atoms with Gasteiger partial charge in [0.15, 0.2) is 0 Å². The number of aliphatic hydroxyl groups is 1. The molecule has 0 bridgehead atoms. The molecule has 2 rings (SSSR count). The molecule has 2 aromatic carbocycles. The van der Waals surface area contributed by atoms with Gasteiger partial charge in [-0.2, -0.15) is 0 Å². The molecule has 0 aliphatic rings. The molecule has 1 nitrogen and oxygen atoms in total. The molecule has 0 radical (unpaired) electrons. The van der Waals surface area contributed by atoms with Crippen molar-refractivity contribution in [2.45, 2.75) is 40.2 Å². The van der Waals surface area contributed by atoms with Gasteiger partial charge in [-0.05, 0) is 49.9 Å². The fourth-order valence-corrected chi connectivity index (χ4v) is 2.32. The Bertz CT molecular complexity index is 510. The lowest BCUT2D eigenvalue weighted by molar-refractivity contribution is 0.281. The van der Waals surface area contributed by atoms with Crippen molar-refractivity contribution in [1.29, 1.82) is 0 Å². The maximum atomic E-state index is 8.81. The van der Waals surface area contributed by atoms with Crippen molar-refractivity contribution in [1.82, 2.24) is 0 Å². The van der Waals surface area contributed by atoms with Gasteiger partial charge in [-0.1, -0.05) is 47.5 Å². The second-order valence-corrected chi connectivity index (χ2v) is 5.42. The molecule has 0 aliphatic carbocycles. The van der Waals surface area contributed by atoms with Crippen LogP contribution in [0.15, 0.2) is 36.4 Å². The topological polar surface area (TPSA) is 20.2 Å². The van der Waals surface area contributed by atoms with E-state index in [-0.39, 0.29) is 6.61 Å². The minimum atomic E-state index is 0.145. The normalized spacial score (nSPS) is 9.90. The van der Waals surface area contributed by atoms with E-state index >= 15 is 0 Å². The maximum Gasteiger partial charge on any atom is 0.0684 e. The summed E-state index contributed by atoms with van der Waals surface area (Å²) in [5.74, 6) is 0.617. The molecule has 108 valence electrons. The summed E-state index contributed by atoms with van der Waals surface area (Å²) in [5.41, 5.74) is 7.25. The van der Waals surface area contributed by atoms with Crippen molar-refractivity contribution in [2.75, 3.05) is 0 Å². The van der Waals surface area contributed by atoms with E-state index in [9.17, 15) is 0 Å². The van der Waals surface area contributed by atoms with E-state index in [0.717, 1.165) is 5.56 Å². The standard InChI is InChI=1S/C9H11Cl.C9H12O/c2*1-7-3-4-9(6-10)8(2)5-7/h3-5H,6H2,1-2H3;3-5,10H,6H2,1-2H3. The number of aryl methyl sites for hydroxylation is 4. The fraction of sp³-hybridized carbons (Fsp3) is 0.333. The molecule has 0 saturated heterocycles. The van der Waals surface area contributed by atoms with Crippen LogP contribution in [-0.2, 0) is 12.5 Å². The van der Waals surface area contributed by atoms with E-state index in [1.807, 2.05) is 26.0 Å². The second-order valence-electron chi connectivity index (χ2n) is 5.15. The first-order valence-electron chi connectivity index (χ1n) is 6.77. The van der Waals surface area contributed by atoms with Crippen LogP contribution in [0.25, 0.3) is 0 Å². The third kappa shape index (κ3) is 4.99. The van der Waals surface area contributed by atoms with Crippen LogP contribution in [0, 0.1) is 27.7 Å². The second kappa shape index (κ2) is 8.08. The molecule has 1 N–H and O–H groups in total. The maximum absolute atomic E-state index is 8.81. The van der Waals surface area contributed by atoms with Crippen LogP contribution >= 0.6 is 11.6 Å². The summed E-state index contributed by atoms with van der Waals surface area (Å²) in [6.07, 6.45) is 0. The first-order valence-corrected chi connectivity index (χ1v) is 7.30. The third-order valence-electron chi connectivity index (χ3n) is 3.31. The van der Waals surface area contributed by atoms with E-state index in [4.69, 9.17) is 16.7 Å². The highest BCUT2D eigenvalue weighted by atomic mass is 35.5. The molecule has 0 aromatic heterocycles. The fourth-order valence-electron chi connectivity index (χ4n) is 2.02. The van der Waals surface area contributed by atoms with E-state index in [1.54, 1.807) is 0 Å². The minimum Gasteiger partial charge on any atom is -0.392 e. The van der Waals surface area contributed by atoms with Gasteiger partial charge in [-0.25, -0.2) is 0 Å². The van der Waals surface area contributed by atoms with E-state index < -0.39 is 0 Å².